The van der Waals surface area contributed by atoms with Gasteiger partial charge in [-0.3, -0.25) is 19.2 Å². The van der Waals surface area contributed by atoms with Gasteiger partial charge in [0.15, 0.2) is 12.4 Å². The number of Topliss-reactive ketones (excluding diaryl/α,β-unsaturated/α-hetero) is 1. The number of amides is 2. The normalized spacial score (nSPS) is 10.1. The number of halogens is 1. The van der Waals surface area contributed by atoms with Crippen LogP contribution in [0.1, 0.15) is 17.3 Å². The van der Waals surface area contributed by atoms with Crippen molar-refractivity contribution in [3.05, 3.63) is 59.9 Å². The zero-order valence-electron chi connectivity index (χ0n) is 15.6. The predicted octanol–water partition coefficient (Wildman–Crippen LogP) is 2.88. The van der Waals surface area contributed by atoms with Crippen LogP contribution >= 0.6 is 11.8 Å². The Kier molecular flexibility index (Phi) is 8.35. The number of rotatable bonds is 9. The molecule has 2 aromatic carbocycles. The molecule has 29 heavy (non-hydrogen) atoms. The molecule has 0 unspecified atom stereocenters. The largest absolute Gasteiger partial charge is 0.457 e. The second kappa shape index (κ2) is 11.0. The van der Waals surface area contributed by atoms with Gasteiger partial charge in [-0.15, -0.1) is 11.8 Å². The van der Waals surface area contributed by atoms with Crippen LogP contribution in [-0.4, -0.2) is 41.7 Å². The maximum absolute atomic E-state index is 13.4. The highest BCUT2D eigenvalue weighted by Crippen LogP contribution is 2.13. The van der Waals surface area contributed by atoms with E-state index in [-0.39, 0.29) is 23.1 Å². The van der Waals surface area contributed by atoms with Gasteiger partial charge in [0, 0.05) is 18.2 Å². The van der Waals surface area contributed by atoms with Crippen molar-refractivity contribution >= 4 is 46.7 Å². The van der Waals surface area contributed by atoms with Crippen molar-refractivity contribution in [2.75, 3.05) is 28.7 Å². The Bertz CT molecular complexity index is 902. The molecule has 0 fully saturated rings. The van der Waals surface area contributed by atoms with Crippen molar-refractivity contribution < 1.29 is 28.3 Å². The Hall–Kier alpha value is -3.20. The van der Waals surface area contributed by atoms with E-state index in [0.29, 0.717) is 11.3 Å². The van der Waals surface area contributed by atoms with Crippen molar-refractivity contribution in [1.82, 2.24) is 0 Å². The van der Waals surface area contributed by atoms with Crippen molar-refractivity contribution in [2.45, 2.75) is 6.92 Å². The number of carbonyl (C=O) groups is 4. The summed E-state index contributed by atoms with van der Waals surface area (Å²) >= 11 is 0.989. The highest BCUT2D eigenvalue weighted by molar-refractivity contribution is 8.00. The van der Waals surface area contributed by atoms with E-state index in [4.69, 9.17) is 4.74 Å². The van der Waals surface area contributed by atoms with Gasteiger partial charge in [0.1, 0.15) is 5.82 Å². The fraction of sp³-hybridized carbons (Fsp3) is 0.200. The van der Waals surface area contributed by atoms with Crippen LogP contribution in [0.3, 0.4) is 0 Å². The van der Waals surface area contributed by atoms with Crippen molar-refractivity contribution in [2.24, 2.45) is 0 Å². The maximum Gasteiger partial charge on any atom is 0.316 e. The van der Waals surface area contributed by atoms with Crippen LogP contribution in [0, 0.1) is 5.82 Å². The van der Waals surface area contributed by atoms with Gasteiger partial charge in [-0.1, -0.05) is 12.1 Å². The maximum atomic E-state index is 13.4. The van der Waals surface area contributed by atoms with Crippen LogP contribution in [0.4, 0.5) is 15.8 Å². The fourth-order valence-electron chi connectivity index (χ4n) is 2.19. The SMILES string of the molecule is CC(=O)Nc1ccc(C(=O)COC(=O)CSCC(=O)Nc2ccccc2F)cc1. The standard InChI is InChI=1S/C20H19FN2O5S/c1-13(24)22-15-8-6-14(7-9-15)18(25)10-28-20(27)12-29-11-19(26)23-17-5-3-2-4-16(17)21/h2-9H,10-12H2,1H3,(H,22,24)(H,23,26). The molecule has 0 aliphatic rings. The third kappa shape index (κ3) is 7.74. The summed E-state index contributed by atoms with van der Waals surface area (Å²) in [5.41, 5.74) is 0.954. The zero-order valence-corrected chi connectivity index (χ0v) is 16.4. The summed E-state index contributed by atoms with van der Waals surface area (Å²) in [6.45, 7) is 0.945. The molecule has 152 valence electrons. The first-order chi connectivity index (χ1) is 13.8. The molecule has 0 radical (unpaired) electrons. The van der Waals surface area contributed by atoms with E-state index >= 15 is 0 Å². The first-order valence-corrected chi connectivity index (χ1v) is 9.69. The van der Waals surface area contributed by atoms with Crippen molar-refractivity contribution in [3.63, 3.8) is 0 Å². The highest BCUT2D eigenvalue weighted by Gasteiger charge is 2.12. The molecule has 0 aliphatic heterocycles. The summed E-state index contributed by atoms with van der Waals surface area (Å²) in [5.74, 6) is -2.45. The minimum Gasteiger partial charge on any atom is -0.457 e. The number of hydrogen-bond acceptors (Lipinski definition) is 6. The molecule has 2 N–H and O–H groups in total. The second-order valence-electron chi connectivity index (χ2n) is 5.86. The molecule has 0 spiro atoms. The smallest absolute Gasteiger partial charge is 0.316 e. The third-order valence-electron chi connectivity index (χ3n) is 3.49. The Morgan fingerprint density at radius 2 is 1.66 bits per heavy atom. The lowest BCUT2D eigenvalue weighted by Gasteiger charge is -2.07. The van der Waals surface area contributed by atoms with E-state index in [2.05, 4.69) is 10.6 Å². The minimum absolute atomic E-state index is 0.0656. The van der Waals surface area contributed by atoms with Crippen LogP contribution in [0.2, 0.25) is 0 Å². The molecule has 2 amide bonds. The molecule has 9 heteroatoms. The lowest BCUT2D eigenvalue weighted by atomic mass is 10.1. The number of benzene rings is 2. The van der Waals surface area contributed by atoms with E-state index in [1.54, 1.807) is 18.2 Å². The highest BCUT2D eigenvalue weighted by atomic mass is 32.2. The number of nitrogens with one attached hydrogen (secondary N) is 2. The van der Waals surface area contributed by atoms with Gasteiger partial charge < -0.3 is 15.4 Å². The molecule has 0 saturated heterocycles. The number of carbonyl (C=O) groups excluding carboxylic acids is 4. The van der Waals surface area contributed by atoms with Gasteiger partial charge in [-0.25, -0.2) is 4.39 Å². The number of anilines is 2. The van der Waals surface area contributed by atoms with Gasteiger partial charge in [0.05, 0.1) is 17.2 Å². The summed E-state index contributed by atoms with van der Waals surface area (Å²) in [4.78, 5) is 46.5. The molecule has 0 aliphatic carbocycles. The van der Waals surface area contributed by atoms with E-state index < -0.39 is 30.1 Å². The lowest BCUT2D eigenvalue weighted by molar-refractivity contribution is -0.139. The van der Waals surface area contributed by atoms with Gasteiger partial charge in [-0.05, 0) is 36.4 Å². The Morgan fingerprint density at radius 1 is 0.966 bits per heavy atom. The number of ether oxygens (including phenoxy) is 1. The molecule has 0 atom stereocenters. The number of esters is 1. The molecule has 2 aromatic rings. The molecular weight excluding hydrogens is 399 g/mol. The molecule has 7 nitrogen and oxygen atoms in total. The average Bonchev–Trinajstić information content (AvgIpc) is 2.68. The number of hydrogen-bond donors (Lipinski definition) is 2. The Balaban J connectivity index is 1.68. The number of thioether (sulfide) groups is 1. The number of para-hydroxylation sites is 1. The lowest BCUT2D eigenvalue weighted by Crippen LogP contribution is -2.18. The first kappa shape index (κ1) is 22.1. The van der Waals surface area contributed by atoms with Crippen molar-refractivity contribution in [1.29, 1.82) is 0 Å². The van der Waals surface area contributed by atoms with Gasteiger partial charge in [0.2, 0.25) is 11.8 Å². The molecule has 0 saturated carbocycles. The van der Waals surface area contributed by atoms with E-state index in [0.717, 1.165) is 11.8 Å². The number of ketones is 1. The first-order valence-electron chi connectivity index (χ1n) is 8.54. The van der Waals surface area contributed by atoms with Crippen LogP contribution in [0.15, 0.2) is 48.5 Å². The van der Waals surface area contributed by atoms with Gasteiger partial charge in [-0.2, -0.15) is 0 Å². The van der Waals surface area contributed by atoms with Crippen LogP contribution in [0.25, 0.3) is 0 Å². The Labute approximate surface area is 171 Å². The van der Waals surface area contributed by atoms with Crippen LogP contribution in [0.5, 0.6) is 0 Å². The quantitative estimate of drug-likeness (QED) is 0.480. The molecule has 2 rings (SSSR count). The van der Waals surface area contributed by atoms with E-state index in [1.165, 1.54) is 37.3 Å². The average molecular weight is 418 g/mol. The zero-order chi connectivity index (χ0) is 21.2. The van der Waals surface area contributed by atoms with E-state index in [1.807, 2.05) is 0 Å². The van der Waals surface area contributed by atoms with Gasteiger partial charge >= 0.3 is 5.97 Å². The van der Waals surface area contributed by atoms with Crippen molar-refractivity contribution in [3.8, 4) is 0 Å². The van der Waals surface area contributed by atoms with Crippen LogP contribution < -0.4 is 10.6 Å². The second-order valence-corrected chi connectivity index (χ2v) is 6.85. The molecule has 0 bridgehead atoms. The summed E-state index contributed by atoms with van der Waals surface area (Å²) in [6, 6.07) is 11.9. The Morgan fingerprint density at radius 3 is 2.31 bits per heavy atom. The summed E-state index contributed by atoms with van der Waals surface area (Å²) in [7, 11) is 0. The molecule has 0 aromatic heterocycles. The monoisotopic (exact) mass is 418 g/mol. The molecular formula is C20H19FN2O5S. The fourth-order valence-corrected chi connectivity index (χ4v) is 2.80. The van der Waals surface area contributed by atoms with E-state index in [9.17, 15) is 23.6 Å². The third-order valence-corrected chi connectivity index (χ3v) is 4.40. The summed E-state index contributed by atoms with van der Waals surface area (Å²) in [6.07, 6.45) is 0. The topological polar surface area (TPSA) is 102 Å². The minimum atomic E-state index is -0.642. The summed E-state index contributed by atoms with van der Waals surface area (Å²) < 4.78 is 18.3. The summed E-state index contributed by atoms with van der Waals surface area (Å²) in [5, 5.41) is 4.98. The molecule has 0 heterocycles. The van der Waals surface area contributed by atoms with Crippen LogP contribution in [-0.2, 0) is 19.1 Å². The predicted molar refractivity (Wildman–Crippen MR) is 108 cm³/mol. The van der Waals surface area contributed by atoms with Gasteiger partial charge in [0.25, 0.3) is 0 Å².